The van der Waals surface area contributed by atoms with Crippen molar-refractivity contribution in [2.24, 2.45) is 11.8 Å². The van der Waals surface area contributed by atoms with E-state index in [-0.39, 0.29) is 55.5 Å². The molecule has 0 aromatic carbocycles. The Kier molecular flexibility index (Phi) is 11.6. The van der Waals surface area contributed by atoms with Gasteiger partial charge in [0.15, 0.2) is 12.4 Å². The Bertz CT molecular complexity index is 637. The molecule has 0 bridgehead atoms. The number of pyridine rings is 1. The van der Waals surface area contributed by atoms with E-state index in [9.17, 15) is 14.4 Å². The first-order valence-corrected chi connectivity index (χ1v) is 8.52. The number of carboxylic acids is 1. The number of hydrogen-bond acceptors (Lipinski definition) is 4. The van der Waals surface area contributed by atoms with Gasteiger partial charge in [-0.1, -0.05) is 13.8 Å². The maximum absolute atomic E-state index is 11.9. The van der Waals surface area contributed by atoms with E-state index in [1.54, 1.807) is 43.2 Å². The van der Waals surface area contributed by atoms with E-state index in [4.69, 9.17) is 9.84 Å². The molecule has 152 valence electrons. The van der Waals surface area contributed by atoms with E-state index in [2.05, 4.69) is 5.32 Å². The molecular formula is C18H28IN3O5. The Balaban J connectivity index is 0.00000676. The Hall–Kier alpha value is -1.91. The lowest BCUT2D eigenvalue weighted by Crippen LogP contribution is -3.00. The fraction of sp³-hybridized carbons (Fsp3) is 0.556. The fourth-order valence-corrected chi connectivity index (χ4v) is 2.55. The van der Waals surface area contributed by atoms with Crippen molar-refractivity contribution in [3.05, 3.63) is 30.1 Å². The molecule has 1 aromatic rings. The second-order valence-electron chi connectivity index (χ2n) is 6.84. The largest absolute Gasteiger partial charge is 1.00 e. The van der Waals surface area contributed by atoms with Crippen LogP contribution in [0.25, 0.3) is 0 Å². The number of nitrogens with zero attached hydrogens (tertiary/aromatic N) is 2. The number of hydrogen-bond donors (Lipinski definition) is 2. The lowest BCUT2D eigenvalue weighted by molar-refractivity contribution is -0.727. The van der Waals surface area contributed by atoms with Gasteiger partial charge in [-0.3, -0.25) is 9.59 Å². The van der Waals surface area contributed by atoms with Crippen molar-refractivity contribution in [1.29, 1.82) is 0 Å². The summed E-state index contributed by atoms with van der Waals surface area (Å²) in [7, 11) is 3.32. The summed E-state index contributed by atoms with van der Waals surface area (Å²) in [6.45, 7) is 4.21. The summed E-state index contributed by atoms with van der Waals surface area (Å²) < 4.78 is 6.71. The van der Waals surface area contributed by atoms with Crippen LogP contribution in [0, 0.1) is 11.8 Å². The van der Waals surface area contributed by atoms with Crippen LogP contribution < -0.4 is 33.9 Å². The normalized spacial score (nSPS) is 11.3. The highest BCUT2D eigenvalue weighted by atomic mass is 127. The second-order valence-corrected chi connectivity index (χ2v) is 6.84. The first-order chi connectivity index (χ1) is 12.2. The van der Waals surface area contributed by atoms with Crippen molar-refractivity contribution in [2.75, 3.05) is 20.6 Å². The number of ether oxygens (including phenoxy) is 1. The number of alkyl carbamates (subject to hydrolysis) is 1. The van der Waals surface area contributed by atoms with Crippen LogP contribution in [0.3, 0.4) is 0 Å². The number of aromatic nitrogens is 1. The van der Waals surface area contributed by atoms with Crippen molar-refractivity contribution >= 4 is 18.0 Å². The van der Waals surface area contributed by atoms with Crippen molar-refractivity contribution < 1.29 is 52.8 Å². The molecule has 1 heterocycles. The number of carbonyl (C=O) groups excluding carboxylic acids is 2. The monoisotopic (exact) mass is 493 g/mol. The molecule has 0 saturated heterocycles. The van der Waals surface area contributed by atoms with Crippen LogP contribution in [-0.2, 0) is 16.3 Å². The molecule has 8 nitrogen and oxygen atoms in total. The van der Waals surface area contributed by atoms with Crippen LogP contribution in [0.15, 0.2) is 24.5 Å². The van der Waals surface area contributed by atoms with Crippen LogP contribution >= 0.6 is 0 Å². The van der Waals surface area contributed by atoms with Crippen molar-refractivity contribution in [2.45, 2.75) is 33.4 Å². The highest BCUT2D eigenvalue weighted by molar-refractivity contribution is 5.93. The number of halogens is 1. The van der Waals surface area contributed by atoms with Crippen molar-refractivity contribution in [3.63, 3.8) is 0 Å². The average molecular weight is 493 g/mol. The third kappa shape index (κ3) is 10.1. The van der Waals surface area contributed by atoms with Gasteiger partial charge >= 0.3 is 12.1 Å². The Labute approximate surface area is 176 Å². The molecule has 1 atom stereocenters. The van der Waals surface area contributed by atoms with E-state index in [0.717, 1.165) is 0 Å². The highest BCUT2D eigenvalue weighted by Crippen LogP contribution is 2.14. The first-order valence-electron chi connectivity index (χ1n) is 8.52. The topological polar surface area (TPSA) is 99.8 Å². The van der Waals surface area contributed by atoms with Gasteiger partial charge in [-0.05, 0) is 24.3 Å². The molecule has 0 radical (unpaired) electrons. The maximum atomic E-state index is 11.9. The van der Waals surface area contributed by atoms with Crippen LogP contribution in [0.5, 0.6) is 0 Å². The zero-order valence-corrected chi connectivity index (χ0v) is 18.3. The SMILES string of the molecule is CC(C)CC(CNC(=O)OC[n+]1cccc(C(=O)N(C)C)c1)CC(=O)O.[I-]. The molecule has 0 fully saturated rings. The van der Waals surface area contributed by atoms with Gasteiger partial charge in [-0.2, -0.15) is 4.57 Å². The van der Waals surface area contributed by atoms with E-state index in [0.29, 0.717) is 17.9 Å². The van der Waals surface area contributed by atoms with Crippen LogP contribution in [0.2, 0.25) is 0 Å². The number of aliphatic carboxylic acids is 1. The number of amides is 2. The number of rotatable bonds is 9. The zero-order valence-electron chi connectivity index (χ0n) is 16.1. The predicted octanol–water partition coefficient (Wildman–Crippen LogP) is -1.50. The quantitative estimate of drug-likeness (QED) is 0.323. The minimum atomic E-state index is -0.885. The summed E-state index contributed by atoms with van der Waals surface area (Å²) in [5.74, 6) is -0.837. The third-order valence-electron chi connectivity index (χ3n) is 3.66. The molecule has 0 aliphatic carbocycles. The molecule has 0 aliphatic heterocycles. The lowest BCUT2D eigenvalue weighted by Gasteiger charge is -2.17. The van der Waals surface area contributed by atoms with E-state index >= 15 is 0 Å². The molecule has 1 unspecified atom stereocenters. The van der Waals surface area contributed by atoms with Crippen molar-refractivity contribution in [1.82, 2.24) is 10.2 Å². The van der Waals surface area contributed by atoms with E-state index < -0.39 is 12.1 Å². The number of carboxylic acid groups (broad SMARTS) is 1. The van der Waals surface area contributed by atoms with Gasteiger partial charge in [0, 0.05) is 33.1 Å². The highest BCUT2D eigenvalue weighted by Gasteiger charge is 2.17. The molecule has 9 heteroatoms. The Morgan fingerprint density at radius 2 is 1.96 bits per heavy atom. The molecule has 27 heavy (non-hydrogen) atoms. The molecule has 0 aliphatic rings. The summed E-state index contributed by atoms with van der Waals surface area (Å²) >= 11 is 0. The van der Waals surface area contributed by atoms with Gasteiger partial charge in [0.05, 0.1) is 0 Å². The molecule has 2 N–H and O–H groups in total. The summed E-state index contributed by atoms with van der Waals surface area (Å²) in [6.07, 6.45) is 3.37. The number of nitrogens with one attached hydrogen (secondary N) is 1. The van der Waals surface area contributed by atoms with Gasteiger partial charge in [0.2, 0.25) is 0 Å². The molecular weight excluding hydrogens is 465 g/mol. The van der Waals surface area contributed by atoms with Crippen molar-refractivity contribution in [3.8, 4) is 0 Å². The van der Waals surface area contributed by atoms with E-state index in [1.807, 2.05) is 13.8 Å². The maximum Gasteiger partial charge on any atom is 0.412 e. The fourth-order valence-electron chi connectivity index (χ4n) is 2.55. The van der Waals surface area contributed by atoms with Crippen LogP contribution in [0.1, 0.15) is 37.0 Å². The van der Waals surface area contributed by atoms with Gasteiger partial charge in [-0.25, -0.2) is 4.79 Å². The summed E-state index contributed by atoms with van der Waals surface area (Å²) in [6, 6.07) is 3.38. The zero-order chi connectivity index (χ0) is 19.7. The molecule has 0 saturated carbocycles. The smallest absolute Gasteiger partial charge is 0.412 e. The minimum absolute atomic E-state index is 0. The van der Waals surface area contributed by atoms with Gasteiger partial charge in [0.25, 0.3) is 12.6 Å². The Morgan fingerprint density at radius 3 is 2.52 bits per heavy atom. The van der Waals surface area contributed by atoms with Crippen LogP contribution in [-0.4, -0.2) is 48.6 Å². The lowest BCUT2D eigenvalue weighted by atomic mass is 9.94. The predicted molar refractivity (Wildman–Crippen MR) is 94.3 cm³/mol. The standard InChI is InChI=1S/C18H27N3O5.HI/c1-13(2)8-14(9-16(22)23)10-19-18(25)26-12-21-7-5-6-15(11-21)17(24)20(3)4;/h5-7,11,13-14H,8-10,12H2,1-4H3,(H-,19,22,23,25);1H. The molecule has 1 aromatic heterocycles. The second kappa shape index (κ2) is 12.5. The molecule has 0 spiro atoms. The average Bonchev–Trinajstić information content (AvgIpc) is 2.56. The van der Waals surface area contributed by atoms with Crippen LogP contribution in [0.4, 0.5) is 4.79 Å². The van der Waals surface area contributed by atoms with E-state index in [1.165, 1.54) is 4.90 Å². The Morgan fingerprint density at radius 1 is 1.30 bits per heavy atom. The van der Waals surface area contributed by atoms with Gasteiger partial charge in [0.1, 0.15) is 5.56 Å². The molecule has 2 amide bonds. The molecule has 1 rings (SSSR count). The summed E-state index contributed by atoms with van der Waals surface area (Å²) in [5.41, 5.74) is 0.486. The summed E-state index contributed by atoms with van der Waals surface area (Å²) in [4.78, 5) is 36.1. The first kappa shape index (κ1) is 25.1. The third-order valence-corrected chi connectivity index (χ3v) is 3.66. The minimum Gasteiger partial charge on any atom is -1.00 e. The summed E-state index contributed by atoms with van der Waals surface area (Å²) in [5, 5.41) is 11.6. The van der Waals surface area contributed by atoms with Gasteiger partial charge in [-0.15, -0.1) is 0 Å². The van der Waals surface area contributed by atoms with Gasteiger partial charge < -0.3 is 44.0 Å². The number of carbonyl (C=O) groups is 3.